The molecular weight excluding hydrogens is 254 g/mol. The Morgan fingerprint density at radius 3 is 2.94 bits per heavy atom. The highest BCUT2D eigenvalue weighted by molar-refractivity contribution is 6.31. The van der Waals surface area contributed by atoms with E-state index in [9.17, 15) is 5.11 Å². The average Bonchev–Trinajstić information content (AvgIpc) is 2.94. The van der Waals surface area contributed by atoms with Crippen molar-refractivity contribution in [1.29, 1.82) is 0 Å². The van der Waals surface area contributed by atoms with E-state index in [1.807, 2.05) is 19.0 Å². The lowest BCUT2D eigenvalue weighted by atomic mass is 10.2. The molecule has 6 heteroatoms. The maximum absolute atomic E-state index is 10.2. The molecule has 0 fully saturated rings. The number of rotatable bonds is 5. The largest absolute Gasteiger partial charge is 0.466 e. The van der Waals surface area contributed by atoms with Gasteiger partial charge in [0.2, 0.25) is 0 Å². The fraction of sp³-hybridized carbons (Fsp3) is 0.417. The number of likely N-dealkylation sites (N-methyl/N-ethyl adjacent to an activating group) is 1. The third-order valence-corrected chi connectivity index (χ3v) is 2.96. The van der Waals surface area contributed by atoms with Gasteiger partial charge in [-0.15, -0.1) is 0 Å². The predicted molar refractivity (Wildman–Crippen MR) is 68.6 cm³/mol. The Labute approximate surface area is 111 Å². The van der Waals surface area contributed by atoms with E-state index in [0.717, 1.165) is 6.54 Å². The first-order chi connectivity index (χ1) is 8.59. The summed E-state index contributed by atoms with van der Waals surface area (Å²) in [6.07, 6.45) is 2.17. The normalized spacial score (nSPS) is 13.2. The molecule has 0 aromatic carbocycles. The molecule has 18 heavy (non-hydrogen) atoms. The van der Waals surface area contributed by atoms with Crippen LogP contribution in [0.3, 0.4) is 0 Å². The van der Waals surface area contributed by atoms with Gasteiger partial charge in [-0.05, 0) is 26.2 Å². The molecule has 0 saturated heterocycles. The highest BCUT2D eigenvalue weighted by atomic mass is 35.5. The first-order valence-corrected chi connectivity index (χ1v) is 6.05. The number of hydrogen-bond acceptors (Lipinski definition) is 4. The molecule has 2 rings (SSSR count). The predicted octanol–water partition coefficient (Wildman–Crippen LogP) is 1.77. The summed E-state index contributed by atoms with van der Waals surface area (Å²) in [5, 5.41) is 14.9. The number of nitrogens with zero attached hydrogens (tertiary/aromatic N) is 3. The molecule has 0 bridgehead atoms. The van der Waals surface area contributed by atoms with E-state index in [1.165, 1.54) is 6.26 Å². The van der Waals surface area contributed by atoms with Crippen LogP contribution < -0.4 is 0 Å². The molecule has 0 aliphatic rings. The number of aliphatic hydroxyl groups excluding tert-OH is 1. The van der Waals surface area contributed by atoms with Crippen LogP contribution in [-0.2, 0) is 6.54 Å². The van der Waals surface area contributed by atoms with Gasteiger partial charge in [0.05, 0.1) is 29.7 Å². The fourth-order valence-corrected chi connectivity index (χ4v) is 1.94. The minimum absolute atomic E-state index is 0.442. The maximum Gasteiger partial charge on any atom is 0.155 e. The number of hydrogen-bond donors (Lipinski definition) is 1. The third kappa shape index (κ3) is 2.75. The Balaban J connectivity index is 2.23. The third-order valence-electron chi connectivity index (χ3n) is 2.66. The van der Waals surface area contributed by atoms with Crippen LogP contribution in [0.5, 0.6) is 0 Å². The fourth-order valence-electron chi connectivity index (χ4n) is 1.70. The Morgan fingerprint density at radius 1 is 1.56 bits per heavy atom. The smallest absolute Gasteiger partial charge is 0.155 e. The summed E-state index contributed by atoms with van der Waals surface area (Å²) >= 11 is 6.07. The summed E-state index contributed by atoms with van der Waals surface area (Å²) in [7, 11) is 3.96. The number of furan rings is 1. The SMILES string of the molecule is CN(C)CCn1ncc(Cl)c1C(O)c1ccco1. The van der Waals surface area contributed by atoms with E-state index in [-0.39, 0.29) is 0 Å². The molecule has 1 N–H and O–H groups in total. The highest BCUT2D eigenvalue weighted by Gasteiger charge is 2.21. The van der Waals surface area contributed by atoms with Crippen molar-refractivity contribution in [2.45, 2.75) is 12.6 Å². The van der Waals surface area contributed by atoms with Crippen molar-refractivity contribution >= 4 is 11.6 Å². The molecule has 98 valence electrons. The Hall–Kier alpha value is -1.30. The molecule has 0 spiro atoms. The number of halogens is 1. The van der Waals surface area contributed by atoms with Crippen molar-refractivity contribution in [1.82, 2.24) is 14.7 Å². The average molecular weight is 270 g/mol. The lowest BCUT2D eigenvalue weighted by Crippen LogP contribution is -2.21. The summed E-state index contributed by atoms with van der Waals surface area (Å²) in [6, 6.07) is 3.44. The molecule has 0 amide bonds. The molecular formula is C12H16ClN3O2. The van der Waals surface area contributed by atoms with Crippen LogP contribution in [0.25, 0.3) is 0 Å². The van der Waals surface area contributed by atoms with Gasteiger partial charge in [0.25, 0.3) is 0 Å². The molecule has 0 radical (unpaired) electrons. The Kier molecular flexibility index (Phi) is 4.06. The van der Waals surface area contributed by atoms with E-state index in [0.29, 0.717) is 23.0 Å². The summed E-state index contributed by atoms with van der Waals surface area (Å²) in [5.74, 6) is 0.462. The van der Waals surface area contributed by atoms with Crippen LogP contribution in [0, 0.1) is 0 Å². The topological polar surface area (TPSA) is 54.4 Å². The summed E-state index contributed by atoms with van der Waals surface area (Å²) < 4.78 is 6.90. The zero-order valence-electron chi connectivity index (χ0n) is 10.4. The highest BCUT2D eigenvalue weighted by Crippen LogP contribution is 2.28. The van der Waals surface area contributed by atoms with Crippen molar-refractivity contribution in [3.8, 4) is 0 Å². The van der Waals surface area contributed by atoms with Crippen molar-refractivity contribution < 1.29 is 9.52 Å². The van der Waals surface area contributed by atoms with Gasteiger partial charge in [0.1, 0.15) is 5.76 Å². The van der Waals surface area contributed by atoms with Crippen LogP contribution in [-0.4, -0.2) is 40.4 Å². The summed E-state index contributed by atoms with van der Waals surface area (Å²) in [5.41, 5.74) is 0.563. The summed E-state index contributed by atoms with van der Waals surface area (Å²) in [6.45, 7) is 1.47. The van der Waals surface area contributed by atoms with Gasteiger partial charge in [0, 0.05) is 6.54 Å². The maximum atomic E-state index is 10.2. The monoisotopic (exact) mass is 269 g/mol. The minimum atomic E-state index is -0.892. The van der Waals surface area contributed by atoms with Crippen LogP contribution in [0.2, 0.25) is 5.02 Å². The van der Waals surface area contributed by atoms with Crippen molar-refractivity contribution in [2.75, 3.05) is 20.6 Å². The number of aliphatic hydroxyl groups is 1. The molecule has 2 aromatic heterocycles. The van der Waals surface area contributed by atoms with Gasteiger partial charge in [-0.2, -0.15) is 5.10 Å². The molecule has 1 unspecified atom stereocenters. The first-order valence-electron chi connectivity index (χ1n) is 5.67. The summed E-state index contributed by atoms with van der Waals surface area (Å²) in [4.78, 5) is 2.04. The molecule has 0 aliphatic heterocycles. The molecule has 1 atom stereocenters. The standard InChI is InChI=1S/C12H16ClN3O2/c1-15(2)5-6-16-11(9(13)8-14-16)12(17)10-4-3-7-18-10/h3-4,7-8,12,17H,5-6H2,1-2H3. The Morgan fingerprint density at radius 2 is 2.33 bits per heavy atom. The zero-order valence-corrected chi connectivity index (χ0v) is 11.1. The van der Waals surface area contributed by atoms with Crippen molar-refractivity contribution in [3.05, 3.63) is 41.1 Å². The van der Waals surface area contributed by atoms with Crippen LogP contribution >= 0.6 is 11.6 Å². The van der Waals surface area contributed by atoms with Gasteiger partial charge in [-0.1, -0.05) is 11.6 Å². The van der Waals surface area contributed by atoms with Crippen molar-refractivity contribution in [3.63, 3.8) is 0 Å². The van der Waals surface area contributed by atoms with Gasteiger partial charge in [-0.3, -0.25) is 4.68 Å². The lowest BCUT2D eigenvalue weighted by molar-refractivity contribution is 0.177. The second kappa shape index (κ2) is 5.56. The lowest BCUT2D eigenvalue weighted by Gasteiger charge is -2.14. The van der Waals surface area contributed by atoms with Gasteiger partial charge in [-0.25, -0.2) is 0 Å². The number of aromatic nitrogens is 2. The molecule has 5 nitrogen and oxygen atoms in total. The second-order valence-electron chi connectivity index (χ2n) is 4.32. The Bertz CT molecular complexity index is 493. The van der Waals surface area contributed by atoms with E-state index in [4.69, 9.17) is 16.0 Å². The minimum Gasteiger partial charge on any atom is -0.466 e. The van der Waals surface area contributed by atoms with Crippen LogP contribution in [0.1, 0.15) is 17.6 Å². The van der Waals surface area contributed by atoms with Crippen LogP contribution in [0.15, 0.2) is 29.0 Å². The van der Waals surface area contributed by atoms with Crippen LogP contribution in [0.4, 0.5) is 0 Å². The molecule has 2 aromatic rings. The quantitative estimate of drug-likeness (QED) is 0.899. The van der Waals surface area contributed by atoms with Gasteiger partial charge in [0.15, 0.2) is 6.10 Å². The van der Waals surface area contributed by atoms with Gasteiger partial charge >= 0.3 is 0 Å². The molecule has 0 saturated carbocycles. The molecule has 2 heterocycles. The second-order valence-corrected chi connectivity index (χ2v) is 4.73. The molecule has 0 aliphatic carbocycles. The van der Waals surface area contributed by atoms with E-state index in [1.54, 1.807) is 23.0 Å². The first kappa shape index (κ1) is 13.1. The van der Waals surface area contributed by atoms with E-state index >= 15 is 0 Å². The zero-order chi connectivity index (χ0) is 13.1. The van der Waals surface area contributed by atoms with Crippen molar-refractivity contribution in [2.24, 2.45) is 0 Å². The van der Waals surface area contributed by atoms with E-state index in [2.05, 4.69) is 5.10 Å². The van der Waals surface area contributed by atoms with Gasteiger partial charge < -0.3 is 14.4 Å². The van der Waals surface area contributed by atoms with E-state index < -0.39 is 6.10 Å².